The minimum Gasteiger partial charge on any atom is -0.212 e. The molecule has 0 aliphatic heterocycles. The summed E-state index contributed by atoms with van der Waals surface area (Å²) in [5.74, 6) is -4.83. The van der Waals surface area contributed by atoms with E-state index in [1.54, 1.807) is 6.07 Å². The third kappa shape index (κ3) is 3.43. The molecule has 1 aromatic rings. The number of aryl methyl sites for hydroxylation is 1. The first kappa shape index (κ1) is 12.4. The number of benzene rings is 1. The fourth-order valence-corrected chi connectivity index (χ4v) is 2.28. The fourth-order valence-electron chi connectivity index (χ4n) is 1.28. The summed E-state index contributed by atoms with van der Waals surface area (Å²) in [6.07, 6.45) is 0. The molecule has 0 unspecified atom stereocenters. The fraction of sp³-hybridized carbons (Fsp3) is 0.333. The summed E-state index contributed by atoms with van der Waals surface area (Å²) in [6, 6.07) is 5.71. The summed E-state index contributed by atoms with van der Waals surface area (Å²) >= 11 is 0. The summed E-state index contributed by atoms with van der Waals surface area (Å²) in [4.78, 5) is 0. The van der Waals surface area contributed by atoms with E-state index in [1.807, 2.05) is 0 Å². The minimum atomic E-state index is -4.22. The van der Waals surface area contributed by atoms with E-state index in [4.69, 9.17) is 10.7 Å². The normalized spacial score (nSPS) is 12.8. The second-order valence-electron chi connectivity index (χ2n) is 3.20. The highest BCUT2D eigenvalue weighted by atomic mass is 35.7. The van der Waals surface area contributed by atoms with Crippen molar-refractivity contribution in [2.45, 2.75) is 12.8 Å². The van der Waals surface area contributed by atoms with Crippen molar-refractivity contribution in [2.75, 3.05) is 5.75 Å². The van der Waals surface area contributed by atoms with Crippen molar-refractivity contribution in [3.05, 3.63) is 35.4 Å². The van der Waals surface area contributed by atoms with Gasteiger partial charge in [-0.05, 0) is 12.5 Å². The number of rotatable bonds is 3. The molecular formula is C9H9ClF2O2S. The average molecular weight is 255 g/mol. The highest BCUT2D eigenvalue weighted by Crippen LogP contribution is 2.32. The number of halogens is 3. The lowest BCUT2D eigenvalue weighted by atomic mass is 10.0. The Morgan fingerprint density at radius 1 is 1.33 bits per heavy atom. The van der Waals surface area contributed by atoms with E-state index in [0.29, 0.717) is 5.56 Å². The Bertz CT molecular complexity index is 457. The van der Waals surface area contributed by atoms with Crippen LogP contribution >= 0.6 is 10.7 Å². The van der Waals surface area contributed by atoms with Crippen LogP contribution < -0.4 is 0 Å². The van der Waals surface area contributed by atoms with Crippen molar-refractivity contribution < 1.29 is 17.2 Å². The van der Waals surface area contributed by atoms with E-state index < -0.39 is 20.7 Å². The predicted molar refractivity (Wildman–Crippen MR) is 54.7 cm³/mol. The molecule has 0 aliphatic rings. The molecule has 0 heterocycles. The van der Waals surface area contributed by atoms with Crippen LogP contribution in [-0.4, -0.2) is 14.2 Å². The van der Waals surface area contributed by atoms with Gasteiger partial charge in [-0.25, -0.2) is 17.2 Å². The maximum Gasteiger partial charge on any atom is 0.288 e. The van der Waals surface area contributed by atoms with Crippen LogP contribution in [-0.2, 0) is 15.0 Å². The van der Waals surface area contributed by atoms with Crippen molar-refractivity contribution in [1.29, 1.82) is 0 Å². The van der Waals surface area contributed by atoms with Crippen molar-refractivity contribution in [3.8, 4) is 0 Å². The molecule has 0 fully saturated rings. The molecule has 0 amide bonds. The molecule has 2 nitrogen and oxygen atoms in total. The first-order chi connectivity index (χ1) is 6.72. The molecular weight excluding hydrogens is 246 g/mol. The van der Waals surface area contributed by atoms with Gasteiger partial charge in [-0.15, -0.1) is 0 Å². The highest BCUT2D eigenvalue weighted by Gasteiger charge is 2.37. The van der Waals surface area contributed by atoms with E-state index >= 15 is 0 Å². The SMILES string of the molecule is Cc1ccccc1C(F)(F)CS(=O)(=O)Cl. The molecule has 0 aromatic heterocycles. The Morgan fingerprint density at radius 3 is 2.33 bits per heavy atom. The quantitative estimate of drug-likeness (QED) is 0.777. The second kappa shape index (κ2) is 4.06. The van der Waals surface area contributed by atoms with E-state index in [-0.39, 0.29) is 5.56 Å². The van der Waals surface area contributed by atoms with Gasteiger partial charge in [0, 0.05) is 16.2 Å². The van der Waals surface area contributed by atoms with Crippen LogP contribution in [0.15, 0.2) is 24.3 Å². The van der Waals surface area contributed by atoms with Crippen molar-refractivity contribution >= 4 is 19.7 Å². The molecule has 0 spiro atoms. The van der Waals surface area contributed by atoms with Gasteiger partial charge in [0.25, 0.3) is 5.92 Å². The largest absolute Gasteiger partial charge is 0.288 e. The third-order valence-electron chi connectivity index (χ3n) is 1.89. The number of alkyl halides is 2. The van der Waals surface area contributed by atoms with Crippen LogP contribution in [0, 0.1) is 6.92 Å². The molecule has 0 aliphatic carbocycles. The van der Waals surface area contributed by atoms with Crippen molar-refractivity contribution in [1.82, 2.24) is 0 Å². The maximum atomic E-state index is 13.4. The van der Waals surface area contributed by atoms with Crippen LogP contribution in [0.1, 0.15) is 11.1 Å². The molecule has 84 valence electrons. The van der Waals surface area contributed by atoms with Crippen molar-refractivity contribution in [2.24, 2.45) is 0 Å². The van der Waals surface area contributed by atoms with Gasteiger partial charge < -0.3 is 0 Å². The topological polar surface area (TPSA) is 34.1 Å². The smallest absolute Gasteiger partial charge is 0.212 e. The molecule has 0 N–H and O–H groups in total. The zero-order chi connectivity index (χ0) is 11.7. The minimum absolute atomic E-state index is 0.311. The summed E-state index contributed by atoms with van der Waals surface area (Å²) in [5.41, 5.74) is 0.0250. The molecule has 15 heavy (non-hydrogen) atoms. The highest BCUT2D eigenvalue weighted by molar-refractivity contribution is 8.13. The van der Waals surface area contributed by atoms with E-state index in [1.165, 1.54) is 25.1 Å². The van der Waals surface area contributed by atoms with Gasteiger partial charge in [0.1, 0.15) is 5.75 Å². The molecule has 0 saturated carbocycles. The van der Waals surface area contributed by atoms with Gasteiger partial charge >= 0.3 is 0 Å². The zero-order valence-corrected chi connectivity index (χ0v) is 9.45. The van der Waals surface area contributed by atoms with E-state index in [2.05, 4.69) is 0 Å². The lowest BCUT2D eigenvalue weighted by molar-refractivity contribution is 0.0211. The standard InChI is InChI=1S/C9H9ClF2O2S/c1-7-4-2-3-5-8(7)9(11,12)6-15(10,13)14/h2-5H,6H2,1H3. The summed E-state index contributed by atoms with van der Waals surface area (Å²) < 4.78 is 48.1. The molecule has 0 saturated heterocycles. The molecule has 0 bridgehead atoms. The Kier molecular flexibility index (Phi) is 3.35. The Balaban J connectivity index is 3.12. The van der Waals surface area contributed by atoms with E-state index in [0.717, 1.165) is 0 Å². The van der Waals surface area contributed by atoms with E-state index in [9.17, 15) is 17.2 Å². The predicted octanol–water partition coefficient (Wildman–Crippen LogP) is 2.66. The average Bonchev–Trinajstić information content (AvgIpc) is 1.99. The van der Waals surface area contributed by atoms with Gasteiger partial charge in [0.2, 0.25) is 9.05 Å². The van der Waals surface area contributed by atoms with Gasteiger partial charge in [-0.1, -0.05) is 24.3 Å². The maximum absolute atomic E-state index is 13.4. The lowest BCUT2D eigenvalue weighted by Gasteiger charge is -2.16. The monoisotopic (exact) mass is 254 g/mol. The summed E-state index contributed by atoms with van der Waals surface area (Å²) in [7, 11) is 0.588. The molecule has 0 radical (unpaired) electrons. The second-order valence-corrected chi connectivity index (χ2v) is 5.98. The zero-order valence-electron chi connectivity index (χ0n) is 7.88. The molecule has 1 rings (SSSR count). The van der Waals surface area contributed by atoms with Gasteiger partial charge in [-0.3, -0.25) is 0 Å². The Hall–Kier alpha value is -0.680. The first-order valence-electron chi connectivity index (χ1n) is 4.09. The number of hydrogen-bond acceptors (Lipinski definition) is 2. The molecule has 1 aromatic carbocycles. The van der Waals surface area contributed by atoms with Gasteiger partial charge in [-0.2, -0.15) is 0 Å². The first-order valence-corrected chi connectivity index (χ1v) is 6.56. The van der Waals surface area contributed by atoms with Gasteiger partial charge in [0.15, 0.2) is 0 Å². The Labute approximate surface area is 91.3 Å². The molecule has 6 heteroatoms. The van der Waals surface area contributed by atoms with Gasteiger partial charge in [0.05, 0.1) is 0 Å². The van der Waals surface area contributed by atoms with Crippen LogP contribution in [0.3, 0.4) is 0 Å². The third-order valence-corrected chi connectivity index (χ3v) is 2.93. The summed E-state index contributed by atoms with van der Waals surface area (Å²) in [6.45, 7) is 1.49. The van der Waals surface area contributed by atoms with Crippen LogP contribution in [0.25, 0.3) is 0 Å². The lowest BCUT2D eigenvalue weighted by Crippen LogP contribution is -2.23. The summed E-state index contributed by atoms with van der Waals surface area (Å²) in [5, 5.41) is 0. The number of hydrogen-bond donors (Lipinski definition) is 0. The van der Waals surface area contributed by atoms with Crippen LogP contribution in [0.5, 0.6) is 0 Å². The molecule has 0 atom stereocenters. The van der Waals surface area contributed by atoms with Crippen LogP contribution in [0.4, 0.5) is 8.78 Å². The van der Waals surface area contributed by atoms with Crippen molar-refractivity contribution in [3.63, 3.8) is 0 Å². The Morgan fingerprint density at radius 2 is 1.87 bits per heavy atom. The van der Waals surface area contributed by atoms with Crippen LogP contribution in [0.2, 0.25) is 0 Å².